The molecule has 0 unspecified atom stereocenters. The first kappa shape index (κ1) is 16.2. The van der Waals surface area contributed by atoms with Crippen LogP contribution >= 0.6 is 11.3 Å². The molecule has 0 radical (unpaired) electrons. The summed E-state index contributed by atoms with van der Waals surface area (Å²) in [5.41, 5.74) is 0.674. The van der Waals surface area contributed by atoms with Crippen molar-refractivity contribution in [3.63, 3.8) is 0 Å². The molecule has 1 aromatic heterocycles. The summed E-state index contributed by atoms with van der Waals surface area (Å²) in [5, 5.41) is 10.7. The Hall–Kier alpha value is -1.20. The van der Waals surface area contributed by atoms with E-state index in [4.69, 9.17) is 0 Å². The van der Waals surface area contributed by atoms with E-state index in [1.165, 1.54) is 11.3 Å². The predicted molar refractivity (Wildman–Crippen MR) is 85.7 cm³/mol. The second-order valence-electron chi connectivity index (χ2n) is 5.84. The van der Waals surface area contributed by atoms with E-state index in [1.807, 2.05) is 24.8 Å². The van der Waals surface area contributed by atoms with Gasteiger partial charge < -0.3 is 10.0 Å². The first-order valence-corrected chi connectivity index (χ1v) is 8.34. The van der Waals surface area contributed by atoms with Crippen LogP contribution in [0.15, 0.2) is 12.7 Å². The average molecular weight is 308 g/mol. The van der Waals surface area contributed by atoms with Crippen molar-refractivity contribution in [1.29, 1.82) is 0 Å². The van der Waals surface area contributed by atoms with Gasteiger partial charge in [-0.25, -0.2) is 4.98 Å². The molecule has 4 nitrogen and oxygen atoms in total. The van der Waals surface area contributed by atoms with Gasteiger partial charge in [0.05, 0.1) is 17.3 Å². The Labute approximate surface area is 130 Å². The van der Waals surface area contributed by atoms with E-state index in [9.17, 15) is 9.90 Å². The van der Waals surface area contributed by atoms with Gasteiger partial charge in [-0.2, -0.15) is 0 Å². The largest absolute Gasteiger partial charge is 0.396 e. The summed E-state index contributed by atoms with van der Waals surface area (Å²) in [4.78, 5) is 19.9. The lowest BCUT2D eigenvalue weighted by Crippen LogP contribution is -2.47. The molecule has 116 valence electrons. The number of aliphatic hydroxyl groups is 1. The number of likely N-dealkylation sites (tertiary alicyclic amines) is 1. The van der Waals surface area contributed by atoms with E-state index in [0.717, 1.165) is 47.8 Å². The van der Waals surface area contributed by atoms with Crippen LogP contribution in [-0.4, -0.2) is 40.6 Å². The zero-order valence-electron chi connectivity index (χ0n) is 12.9. The second kappa shape index (κ2) is 6.71. The summed E-state index contributed by atoms with van der Waals surface area (Å²) in [6.07, 6.45) is 5.24. The number of nitrogens with zero attached hydrogens (tertiary/aromatic N) is 2. The summed E-state index contributed by atoms with van der Waals surface area (Å²) in [5.74, 6) is 0.0686. The first-order chi connectivity index (χ1) is 10.0. The fraction of sp³-hybridized carbons (Fsp3) is 0.625. The number of rotatable bonds is 5. The number of aromatic nitrogens is 1. The molecule has 1 aliphatic rings. The Morgan fingerprint density at radius 3 is 3.00 bits per heavy atom. The van der Waals surface area contributed by atoms with Crippen molar-refractivity contribution in [3.05, 3.63) is 28.2 Å². The van der Waals surface area contributed by atoms with E-state index in [0.29, 0.717) is 6.54 Å². The number of aliphatic hydroxyl groups excluding tert-OH is 1. The van der Waals surface area contributed by atoms with Crippen LogP contribution < -0.4 is 0 Å². The maximum atomic E-state index is 12.8. The third kappa shape index (κ3) is 3.35. The van der Waals surface area contributed by atoms with Crippen LogP contribution in [0.25, 0.3) is 0 Å². The lowest BCUT2D eigenvalue weighted by atomic mass is 9.78. The number of carbonyl (C=O) groups is 1. The maximum Gasteiger partial charge on any atom is 0.265 e. The molecule has 21 heavy (non-hydrogen) atoms. The molecular weight excluding hydrogens is 284 g/mol. The normalized spacial score (nSPS) is 22.3. The quantitative estimate of drug-likeness (QED) is 0.851. The predicted octanol–water partition coefficient (Wildman–Crippen LogP) is 2.80. The van der Waals surface area contributed by atoms with Crippen molar-refractivity contribution >= 4 is 17.2 Å². The van der Waals surface area contributed by atoms with Gasteiger partial charge in [-0.3, -0.25) is 4.79 Å². The van der Waals surface area contributed by atoms with Gasteiger partial charge >= 0.3 is 0 Å². The van der Waals surface area contributed by atoms with Gasteiger partial charge in [-0.05, 0) is 32.6 Å². The molecule has 2 heterocycles. The van der Waals surface area contributed by atoms with E-state index < -0.39 is 0 Å². The van der Waals surface area contributed by atoms with Crippen LogP contribution in [0.2, 0.25) is 0 Å². The fourth-order valence-electron chi connectivity index (χ4n) is 3.07. The van der Waals surface area contributed by atoms with E-state index >= 15 is 0 Å². The third-order valence-electron chi connectivity index (χ3n) is 4.19. The fourth-order valence-corrected chi connectivity index (χ4v) is 4.04. The summed E-state index contributed by atoms with van der Waals surface area (Å²) in [6, 6.07) is 0. The summed E-state index contributed by atoms with van der Waals surface area (Å²) in [6.45, 7) is 9.22. The van der Waals surface area contributed by atoms with Crippen molar-refractivity contribution in [1.82, 2.24) is 9.88 Å². The Morgan fingerprint density at radius 2 is 2.38 bits per heavy atom. The number of allylic oxidation sites excluding steroid dienone is 1. The molecule has 5 heteroatoms. The van der Waals surface area contributed by atoms with Gasteiger partial charge in [0.15, 0.2) is 0 Å². The second-order valence-corrected chi connectivity index (χ2v) is 7.05. The topological polar surface area (TPSA) is 53.4 Å². The van der Waals surface area contributed by atoms with Gasteiger partial charge in [0.1, 0.15) is 4.88 Å². The first-order valence-electron chi connectivity index (χ1n) is 7.52. The molecule has 2 rings (SSSR count). The smallest absolute Gasteiger partial charge is 0.265 e. The monoisotopic (exact) mass is 308 g/mol. The van der Waals surface area contributed by atoms with Crippen molar-refractivity contribution in [2.45, 2.75) is 39.5 Å². The molecule has 1 saturated heterocycles. The van der Waals surface area contributed by atoms with Crippen molar-refractivity contribution < 1.29 is 9.90 Å². The molecule has 1 amide bonds. The Kier molecular flexibility index (Phi) is 5.17. The molecule has 0 aromatic carbocycles. The van der Waals surface area contributed by atoms with Crippen LogP contribution in [-0.2, 0) is 6.42 Å². The van der Waals surface area contributed by atoms with Crippen molar-refractivity contribution in [2.75, 3.05) is 19.7 Å². The van der Waals surface area contributed by atoms with Gasteiger partial charge in [0.25, 0.3) is 5.91 Å². The molecular formula is C16H24N2O2S. The number of hydrogen-bond donors (Lipinski definition) is 1. The number of piperidine rings is 1. The van der Waals surface area contributed by atoms with Crippen molar-refractivity contribution in [2.24, 2.45) is 5.41 Å². The summed E-state index contributed by atoms with van der Waals surface area (Å²) >= 11 is 1.48. The molecule has 1 fully saturated rings. The Bertz CT molecular complexity index is 526. The standard InChI is InChI=1S/C16H24N2O2S/c1-4-7-16(11-19)8-6-9-18(10-16)15(20)14-13(5-2)17-12(3)21-14/h4,19H,1,5-11H2,2-3H3/t16-/m1/s1. The Balaban J connectivity index is 2.20. The van der Waals surface area contributed by atoms with Gasteiger partial charge in [-0.15, -0.1) is 17.9 Å². The number of aryl methyl sites for hydroxylation is 2. The van der Waals surface area contributed by atoms with E-state index in [1.54, 1.807) is 0 Å². The van der Waals surface area contributed by atoms with Gasteiger partial charge in [0.2, 0.25) is 0 Å². The Morgan fingerprint density at radius 1 is 1.62 bits per heavy atom. The zero-order valence-corrected chi connectivity index (χ0v) is 13.7. The molecule has 0 aliphatic carbocycles. The minimum absolute atomic E-state index is 0.0686. The van der Waals surface area contributed by atoms with Crippen LogP contribution in [0.1, 0.15) is 46.6 Å². The molecule has 0 saturated carbocycles. The van der Waals surface area contributed by atoms with Crippen LogP contribution in [0, 0.1) is 12.3 Å². The molecule has 1 aromatic rings. The van der Waals surface area contributed by atoms with E-state index in [-0.39, 0.29) is 17.9 Å². The lowest BCUT2D eigenvalue weighted by molar-refractivity contribution is 0.0287. The molecule has 0 bridgehead atoms. The highest BCUT2D eigenvalue weighted by molar-refractivity contribution is 7.13. The highest BCUT2D eigenvalue weighted by atomic mass is 32.1. The third-order valence-corrected chi connectivity index (χ3v) is 5.20. The van der Waals surface area contributed by atoms with Crippen LogP contribution in [0.3, 0.4) is 0 Å². The zero-order chi connectivity index (χ0) is 15.5. The SMILES string of the molecule is C=CC[C@@]1(CO)CCCN(C(=O)c2sc(C)nc2CC)C1. The number of carbonyl (C=O) groups excluding carboxylic acids is 1. The molecule has 1 N–H and O–H groups in total. The minimum Gasteiger partial charge on any atom is -0.396 e. The summed E-state index contributed by atoms with van der Waals surface area (Å²) < 4.78 is 0. The highest BCUT2D eigenvalue weighted by Gasteiger charge is 2.36. The number of thiazole rings is 1. The number of hydrogen-bond acceptors (Lipinski definition) is 4. The molecule has 1 aliphatic heterocycles. The van der Waals surface area contributed by atoms with Crippen molar-refractivity contribution in [3.8, 4) is 0 Å². The van der Waals surface area contributed by atoms with Crippen LogP contribution in [0.5, 0.6) is 0 Å². The highest BCUT2D eigenvalue weighted by Crippen LogP contribution is 2.34. The summed E-state index contributed by atoms with van der Waals surface area (Å²) in [7, 11) is 0. The number of amides is 1. The maximum absolute atomic E-state index is 12.8. The molecule has 1 atom stereocenters. The lowest BCUT2D eigenvalue weighted by Gasteiger charge is -2.41. The van der Waals surface area contributed by atoms with E-state index in [2.05, 4.69) is 11.6 Å². The van der Waals surface area contributed by atoms with Gasteiger partial charge in [-0.1, -0.05) is 13.0 Å². The average Bonchev–Trinajstić information content (AvgIpc) is 2.88. The van der Waals surface area contributed by atoms with Crippen LogP contribution in [0.4, 0.5) is 0 Å². The minimum atomic E-state index is -0.220. The van der Waals surface area contributed by atoms with Gasteiger partial charge in [0, 0.05) is 18.5 Å². The molecule has 0 spiro atoms.